The van der Waals surface area contributed by atoms with Gasteiger partial charge in [0.2, 0.25) is 0 Å². The Labute approximate surface area is 123 Å². The molecule has 0 spiro atoms. The zero-order valence-electron chi connectivity index (χ0n) is 12.3. The standard InChI is InChI=1S/C14H22N2O3S/c1-5-9(2)12(13(17)18)15-14(19)16(4)10(3)11-7-6-8-20-11/h6-10,12H,5H2,1-4H3,(H,15,19)(H,17,18). The average Bonchev–Trinajstić information content (AvgIpc) is 2.95. The highest BCUT2D eigenvalue weighted by Gasteiger charge is 2.28. The van der Waals surface area contributed by atoms with Gasteiger partial charge in [-0.15, -0.1) is 11.3 Å². The summed E-state index contributed by atoms with van der Waals surface area (Å²) >= 11 is 1.57. The summed E-state index contributed by atoms with van der Waals surface area (Å²) in [5, 5.41) is 13.8. The van der Waals surface area contributed by atoms with Crippen molar-refractivity contribution in [2.24, 2.45) is 5.92 Å². The quantitative estimate of drug-likeness (QED) is 0.848. The molecule has 0 bridgehead atoms. The van der Waals surface area contributed by atoms with Crippen molar-refractivity contribution in [1.29, 1.82) is 0 Å². The van der Waals surface area contributed by atoms with Gasteiger partial charge in [-0.3, -0.25) is 0 Å². The zero-order valence-corrected chi connectivity index (χ0v) is 13.1. The van der Waals surface area contributed by atoms with Gasteiger partial charge in [0, 0.05) is 11.9 Å². The Morgan fingerprint density at radius 1 is 1.45 bits per heavy atom. The molecule has 6 heteroatoms. The predicted molar refractivity (Wildman–Crippen MR) is 79.9 cm³/mol. The van der Waals surface area contributed by atoms with E-state index in [1.54, 1.807) is 18.4 Å². The highest BCUT2D eigenvalue weighted by Crippen LogP contribution is 2.23. The summed E-state index contributed by atoms with van der Waals surface area (Å²) < 4.78 is 0. The molecular weight excluding hydrogens is 276 g/mol. The second-order valence-electron chi connectivity index (χ2n) is 4.95. The minimum Gasteiger partial charge on any atom is -0.480 e. The monoisotopic (exact) mass is 298 g/mol. The van der Waals surface area contributed by atoms with Crippen molar-refractivity contribution < 1.29 is 14.7 Å². The van der Waals surface area contributed by atoms with Crippen LogP contribution in [0.1, 0.15) is 38.1 Å². The Morgan fingerprint density at radius 2 is 2.10 bits per heavy atom. The third-order valence-corrected chi connectivity index (χ3v) is 4.66. The molecule has 1 heterocycles. The van der Waals surface area contributed by atoms with E-state index in [0.717, 1.165) is 4.88 Å². The summed E-state index contributed by atoms with van der Waals surface area (Å²) in [6.07, 6.45) is 0.696. The van der Waals surface area contributed by atoms with Gasteiger partial charge in [-0.1, -0.05) is 26.3 Å². The van der Waals surface area contributed by atoms with Gasteiger partial charge in [-0.05, 0) is 24.3 Å². The minimum absolute atomic E-state index is 0.0821. The fourth-order valence-electron chi connectivity index (χ4n) is 1.81. The Hall–Kier alpha value is -1.56. The summed E-state index contributed by atoms with van der Waals surface area (Å²) in [5.41, 5.74) is 0. The fraction of sp³-hybridized carbons (Fsp3) is 0.571. The van der Waals surface area contributed by atoms with E-state index < -0.39 is 12.0 Å². The number of carboxylic acid groups (broad SMARTS) is 1. The fourth-order valence-corrected chi connectivity index (χ4v) is 2.64. The van der Waals surface area contributed by atoms with Crippen LogP contribution in [0.5, 0.6) is 0 Å². The normalized spacial score (nSPS) is 15.2. The first-order valence-corrected chi connectivity index (χ1v) is 7.56. The van der Waals surface area contributed by atoms with Gasteiger partial charge in [0.1, 0.15) is 6.04 Å². The number of nitrogens with one attached hydrogen (secondary N) is 1. The Morgan fingerprint density at radius 3 is 2.55 bits per heavy atom. The summed E-state index contributed by atoms with van der Waals surface area (Å²) in [6, 6.07) is 2.59. The van der Waals surface area contributed by atoms with E-state index in [-0.39, 0.29) is 18.0 Å². The van der Waals surface area contributed by atoms with Crippen molar-refractivity contribution in [2.75, 3.05) is 7.05 Å². The first kappa shape index (κ1) is 16.5. The van der Waals surface area contributed by atoms with E-state index in [9.17, 15) is 14.7 Å². The van der Waals surface area contributed by atoms with E-state index in [1.807, 2.05) is 38.3 Å². The molecule has 0 fully saturated rings. The Bertz CT molecular complexity index is 447. The molecule has 0 aliphatic heterocycles. The van der Waals surface area contributed by atoms with E-state index in [0.29, 0.717) is 6.42 Å². The van der Waals surface area contributed by atoms with Crippen molar-refractivity contribution in [2.45, 2.75) is 39.3 Å². The molecule has 0 aromatic carbocycles. The molecule has 112 valence electrons. The third-order valence-electron chi connectivity index (χ3n) is 3.61. The summed E-state index contributed by atoms with van der Waals surface area (Å²) in [7, 11) is 1.68. The SMILES string of the molecule is CCC(C)C(NC(=O)N(C)C(C)c1cccs1)C(=O)O. The number of urea groups is 1. The zero-order chi connectivity index (χ0) is 15.3. The largest absolute Gasteiger partial charge is 0.480 e. The van der Waals surface area contributed by atoms with Crippen LogP contribution in [-0.2, 0) is 4.79 Å². The number of hydrogen-bond acceptors (Lipinski definition) is 3. The van der Waals surface area contributed by atoms with Gasteiger partial charge >= 0.3 is 12.0 Å². The summed E-state index contributed by atoms with van der Waals surface area (Å²) in [6.45, 7) is 5.65. The van der Waals surface area contributed by atoms with Crippen LogP contribution in [0.2, 0.25) is 0 Å². The van der Waals surface area contributed by atoms with Crippen molar-refractivity contribution >= 4 is 23.3 Å². The van der Waals surface area contributed by atoms with Crippen LogP contribution < -0.4 is 5.32 Å². The van der Waals surface area contributed by atoms with Crippen LogP contribution >= 0.6 is 11.3 Å². The van der Waals surface area contributed by atoms with E-state index in [1.165, 1.54) is 4.90 Å². The number of aliphatic carboxylic acids is 1. The lowest BCUT2D eigenvalue weighted by molar-refractivity contribution is -0.140. The molecule has 0 aliphatic rings. The number of nitrogens with zero attached hydrogens (tertiary/aromatic N) is 1. The first-order chi connectivity index (χ1) is 9.38. The Kier molecular flexibility index (Phi) is 6.01. The molecule has 20 heavy (non-hydrogen) atoms. The average molecular weight is 298 g/mol. The van der Waals surface area contributed by atoms with Gasteiger partial charge in [0.05, 0.1) is 6.04 Å². The lowest BCUT2D eigenvalue weighted by atomic mass is 9.99. The van der Waals surface area contributed by atoms with Crippen LogP contribution in [0, 0.1) is 5.92 Å². The molecule has 1 aromatic heterocycles. The molecule has 0 aliphatic carbocycles. The maximum absolute atomic E-state index is 12.2. The van der Waals surface area contributed by atoms with Gasteiger partial charge < -0.3 is 15.3 Å². The Balaban J connectivity index is 2.71. The number of carbonyl (C=O) groups is 2. The van der Waals surface area contributed by atoms with Crippen LogP contribution in [-0.4, -0.2) is 35.1 Å². The van der Waals surface area contributed by atoms with Gasteiger partial charge in [0.15, 0.2) is 0 Å². The summed E-state index contributed by atoms with van der Waals surface area (Å²) in [5.74, 6) is -1.10. The smallest absolute Gasteiger partial charge is 0.326 e. The van der Waals surface area contributed by atoms with Crippen LogP contribution in [0.25, 0.3) is 0 Å². The molecule has 3 unspecified atom stereocenters. The molecule has 2 amide bonds. The molecule has 1 aromatic rings. The van der Waals surface area contributed by atoms with E-state index >= 15 is 0 Å². The van der Waals surface area contributed by atoms with Gasteiger partial charge in [0.25, 0.3) is 0 Å². The predicted octanol–water partition coefficient (Wildman–Crippen LogP) is 2.95. The van der Waals surface area contributed by atoms with Gasteiger partial charge in [-0.25, -0.2) is 9.59 Å². The maximum Gasteiger partial charge on any atom is 0.326 e. The second-order valence-corrected chi connectivity index (χ2v) is 5.93. The van der Waals surface area contributed by atoms with Crippen molar-refractivity contribution in [3.05, 3.63) is 22.4 Å². The van der Waals surface area contributed by atoms with Crippen molar-refractivity contribution in [3.8, 4) is 0 Å². The number of amides is 2. The molecule has 5 nitrogen and oxygen atoms in total. The molecule has 3 atom stereocenters. The topological polar surface area (TPSA) is 69.6 Å². The van der Waals surface area contributed by atoms with Crippen LogP contribution in [0.15, 0.2) is 17.5 Å². The lowest BCUT2D eigenvalue weighted by Gasteiger charge is -2.28. The maximum atomic E-state index is 12.2. The number of carboxylic acids is 1. The minimum atomic E-state index is -0.995. The van der Waals surface area contributed by atoms with E-state index in [4.69, 9.17) is 0 Å². The molecular formula is C14H22N2O3S. The second kappa shape index (κ2) is 7.28. The third kappa shape index (κ3) is 3.96. The highest BCUT2D eigenvalue weighted by atomic mass is 32.1. The summed E-state index contributed by atoms with van der Waals surface area (Å²) in [4.78, 5) is 26.0. The lowest BCUT2D eigenvalue weighted by Crippen LogP contribution is -2.49. The molecule has 2 N–H and O–H groups in total. The van der Waals surface area contributed by atoms with Crippen LogP contribution in [0.3, 0.4) is 0 Å². The molecule has 0 saturated heterocycles. The number of rotatable bonds is 6. The number of hydrogen-bond donors (Lipinski definition) is 2. The van der Waals surface area contributed by atoms with Crippen molar-refractivity contribution in [3.63, 3.8) is 0 Å². The van der Waals surface area contributed by atoms with Gasteiger partial charge in [-0.2, -0.15) is 0 Å². The van der Waals surface area contributed by atoms with Crippen molar-refractivity contribution in [1.82, 2.24) is 10.2 Å². The highest BCUT2D eigenvalue weighted by molar-refractivity contribution is 7.10. The number of thiophene rings is 1. The molecule has 0 radical (unpaired) electrons. The molecule has 0 saturated carbocycles. The van der Waals surface area contributed by atoms with Crippen LogP contribution in [0.4, 0.5) is 4.79 Å². The van der Waals surface area contributed by atoms with E-state index in [2.05, 4.69) is 5.32 Å². The molecule has 1 rings (SSSR count). The first-order valence-electron chi connectivity index (χ1n) is 6.68. The number of carbonyl (C=O) groups excluding carboxylic acids is 1.